The Morgan fingerprint density at radius 2 is 1.70 bits per heavy atom. The minimum Gasteiger partial charge on any atom is -0.493 e. The molecule has 3 aromatic rings. The number of nitrogens with zero attached hydrogens (tertiary/aromatic N) is 2. The third kappa shape index (κ3) is 4.92. The monoisotopic (exact) mass is 452 g/mol. The maximum absolute atomic E-state index is 13.1. The van der Waals surface area contributed by atoms with E-state index in [1.807, 2.05) is 37.3 Å². The van der Waals surface area contributed by atoms with E-state index in [9.17, 15) is 9.59 Å². The normalized spacial score (nSPS) is 11.2. The summed E-state index contributed by atoms with van der Waals surface area (Å²) >= 11 is 0. The van der Waals surface area contributed by atoms with Gasteiger partial charge >= 0.3 is 0 Å². The van der Waals surface area contributed by atoms with Gasteiger partial charge in [0, 0.05) is 11.3 Å². The summed E-state index contributed by atoms with van der Waals surface area (Å²) < 4.78 is 17.4. The van der Waals surface area contributed by atoms with Gasteiger partial charge in [-0.1, -0.05) is 31.5 Å². The zero-order valence-electron chi connectivity index (χ0n) is 19.4. The van der Waals surface area contributed by atoms with Crippen molar-refractivity contribution < 1.29 is 19.0 Å². The quantitative estimate of drug-likeness (QED) is 0.383. The van der Waals surface area contributed by atoms with Crippen molar-refractivity contribution in [2.45, 2.75) is 26.7 Å². The van der Waals surface area contributed by atoms with Gasteiger partial charge in [-0.05, 0) is 37.6 Å². The van der Waals surface area contributed by atoms with Gasteiger partial charge in [0.15, 0.2) is 11.5 Å². The third-order valence-electron chi connectivity index (χ3n) is 5.09. The van der Waals surface area contributed by atoms with Crippen LogP contribution in [0.25, 0.3) is 5.69 Å². The standard InChI is InChI=1S/C24H28N4O5/c1-6-10-18-21(24(30)28(27-18)17-11-8-7-9-12-17)15(2)25-26-23(29)16-13-19(31-3)22(33-5)20(14-16)32-4/h7-9,11-14,27H,6,10H2,1-5H3,(H,26,29). The van der Waals surface area contributed by atoms with Crippen molar-refractivity contribution in [3.05, 3.63) is 69.6 Å². The summed E-state index contributed by atoms with van der Waals surface area (Å²) in [5.74, 6) is 0.604. The van der Waals surface area contributed by atoms with E-state index in [0.29, 0.717) is 34.9 Å². The summed E-state index contributed by atoms with van der Waals surface area (Å²) in [5.41, 5.74) is 4.87. The number of rotatable bonds is 9. The second-order valence-corrected chi connectivity index (χ2v) is 7.24. The molecular weight excluding hydrogens is 424 g/mol. The van der Waals surface area contributed by atoms with E-state index in [2.05, 4.69) is 15.6 Å². The summed E-state index contributed by atoms with van der Waals surface area (Å²) in [7, 11) is 4.43. The van der Waals surface area contributed by atoms with Crippen LogP contribution in [0.15, 0.2) is 52.4 Å². The molecule has 0 bridgehead atoms. The SMILES string of the molecule is CCCc1[nH]n(-c2ccccc2)c(=O)c1C(C)=NNC(=O)c1cc(OC)c(OC)c(OC)c1. The van der Waals surface area contributed by atoms with E-state index in [1.165, 1.54) is 38.1 Å². The molecular formula is C24H28N4O5. The number of benzene rings is 2. The van der Waals surface area contributed by atoms with Crippen molar-refractivity contribution in [3.63, 3.8) is 0 Å². The average molecular weight is 453 g/mol. The predicted molar refractivity (Wildman–Crippen MR) is 126 cm³/mol. The molecule has 0 fully saturated rings. The molecule has 3 rings (SSSR count). The fourth-order valence-electron chi connectivity index (χ4n) is 3.51. The number of amides is 1. The number of hydrogen-bond acceptors (Lipinski definition) is 6. The fraction of sp³-hybridized carbons (Fsp3) is 0.292. The molecule has 1 amide bonds. The van der Waals surface area contributed by atoms with Crippen LogP contribution in [0.1, 0.15) is 41.9 Å². The molecule has 0 unspecified atom stereocenters. The molecule has 2 N–H and O–H groups in total. The first kappa shape index (κ1) is 23.6. The number of aryl methyl sites for hydroxylation is 1. The van der Waals surface area contributed by atoms with Gasteiger partial charge < -0.3 is 14.2 Å². The lowest BCUT2D eigenvalue weighted by Gasteiger charge is -2.13. The highest BCUT2D eigenvalue weighted by Gasteiger charge is 2.19. The maximum atomic E-state index is 13.1. The molecule has 0 saturated heterocycles. The smallest absolute Gasteiger partial charge is 0.280 e. The second kappa shape index (κ2) is 10.5. The number of hydrogen-bond donors (Lipinski definition) is 2. The minimum atomic E-state index is -0.482. The van der Waals surface area contributed by atoms with E-state index < -0.39 is 5.91 Å². The highest BCUT2D eigenvalue weighted by atomic mass is 16.5. The van der Waals surface area contributed by atoms with E-state index in [4.69, 9.17) is 14.2 Å². The number of methoxy groups -OCH3 is 3. The van der Waals surface area contributed by atoms with Crippen LogP contribution >= 0.6 is 0 Å². The molecule has 1 aromatic heterocycles. The molecule has 1 heterocycles. The molecule has 0 aliphatic rings. The molecule has 0 radical (unpaired) electrons. The van der Waals surface area contributed by atoms with Gasteiger partial charge in [-0.15, -0.1) is 0 Å². The molecule has 2 aromatic carbocycles. The number of aromatic nitrogens is 2. The highest BCUT2D eigenvalue weighted by Crippen LogP contribution is 2.38. The van der Waals surface area contributed by atoms with Gasteiger partial charge in [0.25, 0.3) is 11.5 Å². The number of carbonyl (C=O) groups excluding carboxylic acids is 1. The van der Waals surface area contributed by atoms with Gasteiger partial charge in [0.1, 0.15) is 0 Å². The van der Waals surface area contributed by atoms with E-state index in [-0.39, 0.29) is 11.1 Å². The topological polar surface area (TPSA) is 107 Å². The minimum absolute atomic E-state index is 0.229. The van der Waals surface area contributed by atoms with Crippen LogP contribution in [0.3, 0.4) is 0 Å². The summed E-state index contributed by atoms with van der Waals surface area (Å²) in [6.45, 7) is 3.72. The maximum Gasteiger partial charge on any atom is 0.280 e. The molecule has 33 heavy (non-hydrogen) atoms. The molecule has 9 heteroatoms. The summed E-state index contributed by atoms with van der Waals surface area (Å²) in [6, 6.07) is 12.4. The van der Waals surface area contributed by atoms with Gasteiger partial charge in [-0.3, -0.25) is 14.7 Å². The predicted octanol–water partition coefficient (Wildman–Crippen LogP) is 3.30. The lowest BCUT2D eigenvalue weighted by Crippen LogP contribution is -2.23. The summed E-state index contributed by atoms with van der Waals surface area (Å²) in [4.78, 5) is 25.9. The zero-order chi connectivity index (χ0) is 24.0. The summed E-state index contributed by atoms with van der Waals surface area (Å²) in [5, 5.41) is 7.38. The molecule has 0 aliphatic carbocycles. The number of aromatic amines is 1. The van der Waals surface area contributed by atoms with Crippen molar-refractivity contribution in [1.29, 1.82) is 0 Å². The third-order valence-corrected chi connectivity index (χ3v) is 5.09. The molecule has 0 saturated carbocycles. The number of nitrogens with one attached hydrogen (secondary N) is 2. The van der Waals surface area contributed by atoms with Crippen LogP contribution in [0.2, 0.25) is 0 Å². The van der Waals surface area contributed by atoms with Crippen molar-refractivity contribution in [2.75, 3.05) is 21.3 Å². The highest BCUT2D eigenvalue weighted by molar-refractivity contribution is 6.01. The second-order valence-electron chi connectivity index (χ2n) is 7.24. The van der Waals surface area contributed by atoms with Gasteiger partial charge in [-0.25, -0.2) is 10.1 Å². The van der Waals surface area contributed by atoms with E-state index >= 15 is 0 Å². The van der Waals surface area contributed by atoms with E-state index in [1.54, 1.807) is 6.92 Å². The number of carbonyl (C=O) groups is 1. The Labute approximate surface area is 192 Å². The Kier molecular flexibility index (Phi) is 7.55. The zero-order valence-corrected chi connectivity index (χ0v) is 19.4. The molecule has 174 valence electrons. The summed E-state index contributed by atoms with van der Waals surface area (Å²) in [6.07, 6.45) is 1.50. The van der Waals surface area contributed by atoms with E-state index in [0.717, 1.165) is 17.8 Å². The fourth-order valence-corrected chi connectivity index (χ4v) is 3.51. The Morgan fingerprint density at radius 1 is 1.06 bits per heavy atom. The molecule has 0 spiro atoms. The Morgan fingerprint density at radius 3 is 2.24 bits per heavy atom. The first-order valence-corrected chi connectivity index (χ1v) is 10.5. The first-order chi connectivity index (χ1) is 15.9. The van der Waals surface area contributed by atoms with Gasteiger partial charge in [0.2, 0.25) is 5.75 Å². The van der Waals surface area contributed by atoms with Crippen LogP contribution in [0.4, 0.5) is 0 Å². The number of ether oxygens (including phenoxy) is 3. The largest absolute Gasteiger partial charge is 0.493 e. The van der Waals surface area contributed by atoms with Crippen molar-refractivity contribution >= 4 is 11.6 Å². The van der Waals surface area contributed by atoms with Crippen molar-refractivity contribution in [1.82, 2.24) is 15.2 Å². The average Bonchev–Trinajstić information content (AvgIpc) is 3.17. The van der Waals surface area contributed by atoms with Crippen LogP contribution in [0, 0.1) is 0 Å². The number of H-pyrrole nitrogens is 1. The molecule has 9 nitrogen and oxygen atoms in total. The van der Waals surface area contributed by atoms with Crippen LogP contribution < -0.4 is 25.2 Å². The lowest BCUT2D eigenvalue weighted by atomic mass is 10.1. The molecule has 0 atom stereocenters. The number of para-hydroxylation sites is 1. The van der Waals surface area contributed by atoms with Gasteiger partial charge in [0.05, 0.1) is 38.3 Å². The Hall–Kier alpha value is -4.01. The van der Waals surface area contributed by atoms with Crippen LogP contribution in [-0.2, 0) is 6.42 Å². The lowest BCUT2D eigenvalue weighted by molar-refractivity contribution is 0.0954. The van der Waals surface area contributed by atoms with Crippen LogP contribution in [-0.4, -0.2) is 42.7 Å². The number of hydrazone groups is 1. The first-order valence-electron chi connectivity index (χ1n) is 10.5. The molecule has 0 aliphatic heterocycles. The van der Waals surface area contributed by atoms with Crippen LogP contribution in [0.5, 0.6) is 17.2 Å². The van der Waals surface area contributed by atoms with Crippen molar-refractivity contribution in [2.24, 2.45) is 5.10 Å². The Balaban J connectivity index is 1.93. The van der Waals surface area contributed by atoms with Crippen molar-refractivity contribution in [3.8, 4) is 22.9 Å². The van der Waals surface area contributed by atoms with Gasteiger partial charge in [-0.2, -0.15) is 5.10 Å². The Bertz CT molecular complexity index is 1190.